The Morgan fingerprint density at radius 1 is 1.05 bits per heavy atom. The van der Waals surface area contributed by atoms with Crippen LogP contribution in [0.2, 0.25) is 0 Å². The highest BCUT2D eigenvalue weighted by Gasteiger charge is 2.06. The molecule has 0 aliphatic rings. The van der Waals surface area contributed by atoms with Gasteiger partial charge >= 0.3 is 0 Å². The van der Waals surface area contributed by atoms with Gasteiger partial charge in [0.05, 0.1) is 5.69 Å². The summed E-state index contributed by atoms with van der Waals surface area (Å²) in [5.74, 6) is -0.443. The van der Waals surface area contributed by atoms with Crippen LogP contribution in [0.1, 0.15) is 27.0 Å². The molecule has 3 heteroatoms. The van der Waals surface area contributed by atoms with Gasteiger partial charge in [-0.25, -0.2) is 4.39 Å². The minimum absolute atomic E-state index is 0.100. The van der Waals surface area contributed by atoms with Crippen LogP contribution in [0.4, 0.5) is 10.1 Å². The van der Waals surface area contributed by atoms with Crippen molar-refractivity contribution in [3.63, 3.8) is 0 Å². The first kappa shape index (κ1) is 15.0. The number of carbonyl (C=O) groups is 1. The lowest BCUT2D eigenvalue weighted by Gasteiger charge is -2.05. The second-order valence-corrected chi connectivity index (χ2v) is 5.14. The number of aryl methyl sites for hydroxylation is 3. The number of carbonyl (C=O) groups excluding carboxylic acids is 1. The van der Waals surface area contributed by atoms with E-state index in [2.05, 4.69) is 5.32 Å². The second-order valence-electron chi connectivity index (χ2n) is 5.14. The van der Waals surface area contributed by atoms with E-state index in [0.717, 1.165) is 16.7 Å². The SMILES string of the molecule is Cc1ccc(F)c(N/C=C/C(=O)c2cc(C)ccc2C)c1. The third-order valence-electron chi connectivity index (χ3n) is 3.25. The van der Waals surface area contributed by atoms with Crippen molar-refractivity contribution in [1.29, 1.82) is 0 Å². The minimum Gasteiger partial charge on any atom is -0.359 e. The van der Waals surface area contributed by atoms with Crippen molar-refractivity contribution in [1.82, 2.24) is 0 Å². The fraction of sp³-hybridized carbons (Fsp3) is 0.167. The maximum atomic E-state index is 13.6. The van der Waals surface area contributed by atoms with Crippen LogP contribution in [-0.2, 0) is 0 Å². The molecule has 1 N–H and O–H groups in total. The number of benzene rings is 2. The maximum absolute atomic E-state index is 13.6. The third-order valence-corrected chi connectivity index (χ3v) is 3.25. The summed E-state index contributed by atoms with van der Waals surface area (Å²) in [6, 6.07) is 10.5. The predicted molar refractivity (Wildman–Crippen MR) is 84.1 cm³/mol. The van der Waals surface area contributed by atoms with Crippen molar-refractivity contribution in [3.05, 3.63) is 76.7 Å². The molecule has 0 atom stereocenters. The summed E-state index contributed by atoms with van der Waals surface area (Å²) in [6.45, 7) is 5.73. The summed E-state index contributed by atoms with van der Waals surface area (Å²) >= 11 is 0. The number of anilines is 1. The van der Waals surface area contributed by atoms with Gasteiger partial charge in [0, 0.05) is 17.8 Å². The molecule has 0 unspecified atom stereocenters. The molecular weight excluding hydrogens is 265 g/mol. The fourth-order valence-corrected chi connectivity index (χ4v) is 2.05. The summed E-state index contributed by atoms with van der Waals surface area (Å²) < 4.78 is 13.6. The molecule has 0 amide bonds. The van der Waals surface area contributed by atoms with E-state index >= 15 is 0 Å². The Morgan fingerprint density at radius 2 is 1.71 bits per heavy atom. The number of halogens is 1. The topological polar surface area (TPSA) is 29.1 Å². The Balaban J connectivity index is 2.12. The molecule has 2 aromatic rings. The van der Waals surface area contributed by atoms with Gasteiger partial charge in [-0.15, -0.1) is 0 Å². The van der Waals surface area contributed by atoms with Crippen molar-refractivity contribution < 1.29 is 9.18 Å². The van der Waals surface area contributed by atoms with Crippen molar-refractivity contribution in [3.8, 4) is 0 Å². The molecule has 0 aliphatic carbocycles. The molecule has 0 heterocycles. The smallest absolute Gasteiger partial charge is 0.187 e. The first-order chi connectivity index (χ1) is 9.97. The lowest BCUT2D eigenvalue weighted by molar-refractivity contribution is 0.104. The van der Waals surface area contributed by atoms with Crippen LogP contribution < -0.4 is 5.32 Å². The van der Waals surface area contributed by atoms with Gasteiger partial charge in [0.15, 0.2) is 5.78 Å². The Kier molecular flexibility index (Phi) is 4.53. The summed E-state index contributed by atoms with van der Waals surface area (Å²) in [6.07, 6.45) is 2.89. The Hall–Kier alpha value is -2.42. The first-order valence-electron chi connectivity index (χ1n) is 6.78. The van der Waals surface area contributed by atoms with Gasteiger partial charge in [-0.05, 0) is 50.1 Å². The molecule has 0 bridgehead atoms. The molecule has 2 aromatic carbocycles. The normalized spacial score (nSPS) is 10.9. The molecule has 2 rings (SSSR count). The largest absolute Gasteiger partial charge is 0.359 e. The van der Waals surface area contributed by atoms with Gasteiger partial charge in [-0.2, -0.15) is 0 Å². The van der Waals surface area contributed by atoms with Crippen molar-refractivity contribution in [2.24, 2.45) is 0 Å². The molecule has 0 radical (unpaired) electrons. The van der Waals surface area contributed by atoms with Gasteiger partial charge in [-0.3, -0.25) is 4.79 Å². The molecule has 2 nitrogen and oxygen atoms in total. The van der Waals surface area contributed by atoms with Gasteiger partial charge in [0.2, 0.25) is 0 Å². The van der Waals surface area contributed by atoms with E-state index in [1.165, 1.54) is 18.3 Å². The van der Waals surface area contributed by atoms with Crippen LogP contribution in [0, 0.1) is 26.6 Å². The van der Waals surface area contributed by atoms with Crippen LogP contribution in [-0.4, -0.2) is 5.78 Å². The van der Waals surface area contributed by atoms with E-state index < -0.39 is 0 Å². The van der Waals surface area contributed by atoms with Crippen molar-refractivity contribution >= 4 is 11.5 Å². The summed E-state index contributed by atoms with van der Waals surface area (Å²) in [4.78, 5) is 12.1. The summed E-state index contributed by atoms with van der Waals surface area (Å²) in [7, 11) is 0. The first-order valence-corrected chi connectivity index (χ1v) is 6.78. The molecule has 0 aromatic heterocycles. The highest BCUT2D eigenvalue weighted by atomic mass is 19.1. The average Bonchev–Trinajstić information content (AvgIpc) is 2.45. The van der Waals surface area contributed by atoms with E-state index in [1.807, 2.05) is 39.0 Å². The molecule has 21 heavy (non-hydrogen) atoms. The van der Waals surface area contributed by atoms with E-state index in [0.29, 0.717) is 11.3 Å². The van der Waals surface area contributed by atoms with E-state index in [4.69, 9.17) is 0 Å². The number of rotatable bonds is 4. The second kappa shape index (κ2) is 6.35. The molecule has 0 saturated heterocycles. The summed E-state index contributed by atoms with van der Waals surface area (Å²) in [5.41, 5.74) is 3.94. The minimum atomic E-state index is -0.343. The zero-order chi connectivity index (χ0) is 15.4. The number of hydrogen-bond acceptors (Lipinski definition) is 2. The molecule has 0 aliphatic heterocycles. The summed E-state index contributed by atoms with van der Waals surface area (Å²) in [5, 5.41) is 2.81. The number of allylic oxidation sites excluding steroid dienone is 1. The van der Waals surface area contributed by atoms with Gasteiger partial charge in [0.25, 0.3) is 0 Å². The number of nitrogens with one attached hydrogen (secondary N) is 1. The molecule has 0 spiro atoms. The highest BCUT2D eigenvalue weighted by molar-refractivity contribution is 6.05. The molecule has 0 fully saturated rings. The quantitative estimate of drug-likeness (QED) is 0.658. The predicted octanol–water partition coefficient (Wildman–Crippen LogP) is 4.56. The Labute approximate surface area is 124 Å². The zero-order valence-electron chi connectivity index (χ0n) is 12.4. The highest BCUT2D eigenvalue weighted by Crippen LogP contribution is 2.16. The lowest BCUT2D eigenvalue weighted by Crippen LogP contribution is -2.00. The van der Waals surface area contributed by atoms with Crippen LogP contribution in [0.3, 0.4) is 0 Å². The van der Waals surface area contributed by atoms with Crippen LogP contribution >= 0.6 is 0 Å². The standard InChI is InChI=1S/C18H18FNO/c1-12-4-6-14(3)15(10-12)18(21)8-9-20-17-11-13(2)5-7-16(17)19/h4-11,20H,1-3H3/b9-8+. The zero-order valence-corrected chi connectivity index (χ0v) is 12.4. The van der Waals surface area contributed by atoms with Crippen LogP contribution in [0.5, 0.6) is 0 Å². The Bertz CT molecular complexity index is 704. The number of hydrogen-bond donors (Lipinski definition) is 1. The third kappa shape index (κ3) is 3.78. The van der Waals surface area contributed by atoms with Gasteiger partial charge in [-0.1, -0.05) is 23.8 Å². The van der Waals surface area contributed by atoms with Crippen LogP contribution in [0.25, 0.3) is 0 Å². The molecule has 0 saturated carbocycles. The fourth-order valence-electron chi connectivity index (χ4n) is 2.05. The molecule has 108 valence electrons. The van der Waals surface area contributed by atoms with Crippen molar-refractivity contribution in [2.75, 3.05) is 5.32 Å². The monoisotopic (exact) mass is 283 g/mol. The number of ketones is 1. The van der Waals surface area contributed by atoms with E-state index in [1.54, 1.807) is 12.1 Å². The van der Waals surface area contributed by atoms with Crippen molar-refractivity contribution in [2.45, 2.75) is 20.8 Å². The lowest BCUT2D eigenvalue weighted by atomic mass is 10.0. The van der Waals surface area contributed by atoms with E-state index in [-0.39, 0.29) is 11.6 Å². The molecular formula is C18H18FNO. The van der Waals surface area contributed by atoms with E-state index in [9.17, 15) is 9.18 Å². The Morgan fingerprint density at radius 3 is 2.48 bits per heavy atom. The van der Waals surface area contributed by atoms with Crippen LogP contribution in [0.15, 0.2) is 48.7 Å². The average molecular weight is 283 g/mol. The van der Waals surface area contributed by atoms with Gasteiger partial charge in [0.1, 0.15) is 5.82 Å². The maximum Gasteiger partial charge on any atom is 0.187 e. The van der Waals surface area contributed by atoms with Gasteiger partial charge < -0.3 is 5.32 Å².